The van der Waals surface area contributed by atoms with E-state index in [2.05, 4.69) is 10.1 Å². The van der Waals surface area contributed by atoms with Crippen LogP contribution in [0.4, 0.5) is 10.1 Å². The molecule has 1 N–H and O–H groups in total. The Bertz CT molecular complexity index is 996. The topological polar surface area (TPSA) is 68.0 Å². The molecule has 154 valence electrons. The minimum Gasteiger partial charge on any atom is -0.502 e. The van der Waals surface area contributed by atoms with Gasteiger partial charge in [-0.2, -0.15) is 0 Å². The van der Waals surface area contributed by atoms with Crippen LogP contribution >= 0.6 is 0 Å². The maximum absolute atomic E-state index is 13.4. The number of fused-ring (bicyclic) bond motifs is 1. The van der Waals surface area contributed by atoms with Crippen molar-refractivity contribution in [1.82, 2.24) is 5.16 Å². The van der Waals surface area contributed by atoms with Gasteiger partial charge in [0.15, 0.2) is 17.1 Å². The Morgan fingerprint density at radius 2 is 2.03 bits per heavy atom. The molecule has 0 aliphatic carbocycles. The molecule has 0 saturated carbocycles. The SMILES string of the molecule is CCCOc1c(N2CCC(c3noc4cc(F)ccc34)CC2)ccc(OC)c1O. The first kappa shape index (κ1) is 19.4. The molecule has 0 unspecified atom stereocenters. The van der Waals surface area contributed by atoms with Crippen LogP contribution in [0.15, 0.2) is 34.9 Å². The molecule has 1 aliphatic rings. The van der Waals surface area contributed by atoms with Gasteiger partial charge in [-0.3, -0.25) is 0 Å². The Kier molecular flexibility index (Phi) is 5.47. The summed E-state index contributed by atoms with van der Waals surface area (Å²) in [6.45, 7) is 4.12. The number of hydrogen-bond donors (Lipinski definition) is 1. The average Bonchev–Trinajstić information content (AvgIpc) is 3.16. The van der Waals surface area contributed by atoms with E-state index in [0.717, 1.165) is 49.1 Å². The van der Waals surface area contributed by atoms with Gasteiger partial charge < -0.3 is 24.0 Å². The smallest absolute Gasteiger partial charge is 0.202 e. The summed E-state index contributed by atoms with van der Waals surface area (Å²) in [5.41, 5.74) is 2.24. The molecule has 0 radical (unpaired) electrons. The second kappa shape index (κ2) is 8.19. The van der Waals surface area contributed by atoms with E-state index in [0.29, 0.717) is 23.7 Å². The predicted octanol–water partition coefficient (Wildman–Crippen LogP) is 4.85. The van der Waals surface area contributed by atoms with Crippen molar-refractivity contribution in [3.8, 4) is 17.2 Å². The van der Waals surface area contributed by atoms with E-state index in [1.807, 2.05) is 13.0 Å². The molecule has 7 heteroatoms. The number of piperidine rings is 1. The van der Waals surface area contributed by atoms with Crippen LogP contribution in [0, 0.1) is 5.82 Å². The van der Waals surface area contributed by atoms with Crippen molar-refractivity contribution in [2.45, 2.75) is 32.1 Å². The van der Waals surface area contributed by atoms with Crippen molar-refractivity contribution in [3.05, 3.63) is 41.8 Å². The minimum atomic E-state index is -0.325. The molecular formula is C22H25FN2O4. The van der Waals surface area contributed by atoms with Gasteiger partial charge in [-0.1, -0.05) is 12.1 Å². The van der Waals surface area contributed by atoms with Gasteiger partial charge in [-0.25, -0.2) is 4.39 Å². The summed E-state index contributed by atoms with van der Waals surface area (Å²) in [5, 5.41) is 15.6. The number of methoxy groups -OCH3 is 1. The maximum Gasteiger partial charge on any atom is 0.202 e. The van der Waals surface area contributed by atoms with Crippen LogP contribution < -0.4 is 14.4 Å². The summed E-state index contributed by atoms with van der Waals surface area (Å²) in [7, 11) is 1.53. The van der Waals surface area contributed by atoms with Crippen LogP contribution in [0.2, 0.25) is 0 Å². The monoisotopic (exact) mass is 400 g/mol. The maximum atomic E-state index is 13.4. The molecule has 0 bridgehead atoms. The van der Waals surface area contributed by atoms with Crippen molar-refractivity contribution < 1.29 is 23.5 Å². The molecule has 1 saturated heterocycles. The van der Waals surface area contributed by atoms with Gasteiger partial charge in [0.2, 0.25) is 5.75 Å². The molecule has 1 aromatic heterocycles. The zero-order valence-electron chi connectivity index (χ0n) is 16.7. The number of phenols is 1. The number of hydrogen-bond acceptors (Lipinski definition) is 6. The molecule has 4 rings (SSSR count). The third-order valence-electron chi connectivity index (χ3n) is 5.43. The van der Waals surface area contributed by atoms with Gasteiger partial charge in [-0.15, -0.1) is 0 Å². The van der Waals surface area contributed by atoms with E-state index in [1.54, 1.807) is 12.1 Å². The highest BCUT2D eigenvalue weighted by Gasteiger charge is 2.28. The lowest BCUT2D eigenvalue weighted by molar-refractivity contribution is 0.290. The van der Waals surface area contributed by atoms with Crippen molar-refractivity contribution in [3.63, 3.8) is 0 Å². The van der Waals surface area contributed by atoms with Gasteiger partial charge in [0.05, 0.1) is 25.1 Å². The molecular weight excluding hydrogens is 375 g/mol. The summed E-state index contributed by atoms with van der Waals surface area (Å²) in [5.74, 6) is 0.812. The third kappa shape index (κ3) is 3.69. The number of benzene rings is 2. The van der Waals surface area contributed by atoms with Crippen molar-refractivity contribution in [2.24, 2.45) is 0 Å². The molecule has 0 amide bonds. The number of nitrogens with zero attached hydrogens (tertiary/aromatic N) is 2. The summed E-state index contributed by atoms with van der Waals surface area (Å²) in [6.07, 6.45) is 2.59. The summed E-state index contributed by atoms with van der Waals surface area (Å²) in [4.78, 5) is 2.21. The van der Waals surface area contributed by atoms with Crippen LogP contribution in [0.3, 0.4) is 0 Å². The third-order valence-corrected chi connectivity index (χ3v) is 5.43. The van der Waals surface area contributed by atoms with E-state index in [9.17, 15) is 9.50 Å². The largest absolute Gasteiger partial charge is 0.502 e. The van der Waals surface area contributed by atoms with Crippen LogP contribution in [-0.4, -0.2) is 37.1 Å². The predicted molar refractivity (Wildman–Crippen MR) is 109 cm³/mol. The molecule has 29 heavy (non-hydrogen) atoms. The highest BCUT2D eigenvalue weighted by Crippen LogP contribution is 2.45. The first-order valence-corrected chi connectivity index (χ1v) is 9.95. The van der Waals surface area contributed by atoms with Crippen LogP contribution in [0.1, 0.15) is 37.8 Å². The lowest BCUT2D eigenvalue weighted by Crippen LogP contribution is -2.33. The summed E-state index contributed by atoms with van der Waals surface area (Å²) in [6, 6.07) is 8.24. The number of anilines is 1. The fourth-order valence-electron chi connectivity index (χ4n) is 3.92. The first-order chi connectivity index (χ1) is 14.1. The number of aromatic hydroxyl groups is 1. The number of aromatic nitrogens is 1. The molecule has 1 fully saturated rings. The Balaban J connectivity index is 1.54. The van der Waals surface area contributed by atoms with E-state index < -0.39 is 0 Å². The molecule has 2 heterocycles. The number of halogens is 1. The Labute approximate surface area is 168 Å². The zero-order valence-corrected chi connectivity index (χ0v) is 16.7. The molecule has 6 nitrogen and oxygen atoms in total. The minimum absolute atomic E-state index is 0.0325. The summed E-state index contributed by atoms with van der Waals surface area (Å²) < 4.78 is 29.8. The van der Waals surface area contributed by atoms with Crippen LogP contribution in [0.25, 0.3) is 11.0 Å². The quantitative estimate of drug-likeness (QED) is 0.638. The summed E-state index contributed by atoms with van der Waals surface area (Å²) >= 11 is 0. The van der Waals surface area contributed by atoms with E-state index in [-0.39, 0.29) is 17.5 Å². The molecule has 1 aliphatic heterocycles. The fourth-order valence-corrected chi connectivity index (χ4v) is 3.92. The van der Waals surface area contributed by atoms with Gasteiger partial charge in [0, 0.05) is 30.5 Å². The van der Waals surface area contributed by atoms with E-state index >= 15 is 0 Å². The van der Waals surface area contributed by atoms with E-state index in [1.165, 1.54) is 19.2 Å². The van der Waals surface area contributed by atoms with E-state index in [4.69, 9.17) is 14.0 Å². The molecule has 2 aromatic carbocycles. The van der Waals surface area contributed by atoms with Crippen molar-refractivity contribution in [1.29, 1.82) is 0 Å². The number of phenolic OH excluding ortho intramolecular Hbond substituents is 1. The number of rotatable bonds is 6. The second-order valence-electron chi connectivity index (χ2n) is 7.28. The molecule has 0 atom stereocenters. The van der Waals surface area contributed by atoms with Crippen molar-refractivity contribution >= 4 is 16.7 Å². The number of ether oxygens (including phenoxy) is 2. The standard InChI is InChI=1S/C22H25FN2O4/c1-3-12-28-22-17(6-7-18(27-2)21(22)26)25-10-8-14(9-11-25)20-16-5-4-15(23)13-19(16)29-24-20/h4-7,13-14,26H,3,8-12H2,1-2H3. The van der Waals surface area contributed by atoms with Crippen molar-refractivity contribution in [2.75, 3.05) is 31.7 Å². The normalized spacial score (nSPS) is 15.1. The Morgan fingerprint density at radius 3 is 2.76 bits per heavy atom. The molecule has 0 spiro atoms. The average molecular weight is 400 g/mol. The second-order valence-corrected chi connectivity index (χ2v) is 7.28. The highest BCUT2D eigenvalue weighted by molar-refractivity contribution is 5.80. The van der Waals surface area contributed by atoms with Gasteiger partial charge in [0.1, 0.15) is 5.82 Å². The lowest BCUT2D eigenvalue weighted by atomic mass is 9.91. The van der Waals surface area contributed by atoms with Crippen LogP contribution in [0.5, 0.6) is 17.2 Å². The Morgan fingerprint density at radius 1 is 1.24 bits per heavy atom. The van der Waals surface area contributed by atoms with Gasteiger partial charge >= 0.3 is 0 Å². The lowest BCUT2D eigenvalue weighted by Gasteiger charge is -2.34. The van der Waals surface area contributed by atoms with Gasteiger partial charge in [-0.05, 0) is 43.5 Å². The van der Waals surface area contributed by atoms with Gasteiger partial charge in [0.25, 0.3) is 0 Å². The molecule has 3 aromatic rings. The Hall–Kier alpha value is -2.96. The highest BCUT2D eigenvalue weighted by atomic mass is 19.1. The first-order valence-electron chi connectivity index (χ1n) is 9.95. The fraction of sp³-hybridized carbons (Fsp3) is 0.409. The zero-order chi connectivity index (χ0) is 20.4. The van der Waals surface area contributed by atoms with Crippen LogP contribution in [-0.2, 0) is 0 Å².